The maximum Gasteiger partial charge on any atom is 0.321 e. The fraction of sp³-hybridized carbons (Fsp3) is 0.550. The quantitative estimate of drug-likeness (QED) is 0.833. The number of carbonyl (C=O) groups excluding carboxylic acids is 1. The van der Waals surface area contributed by atoms with Crippen LogP contribution in [0.15, 0.2) is 24.3 Å². The molecule has 7 heteroatoms. The Morgan fingerprint density at radius 1 is 1.11 bits per heavy atom. The minimum absolute atomic E-state index is 0.0790. The number of para-hydroxylation sites is 2. The number of ether oxygens (including phenoxy) is 1. The molecule has 2 fully saturated rings. The number of nitrogens with one attached hydrogen (secondary N) is 1. The van der Waals surface area contributed by atoms with E-state index in [2.05, 4.69) is 15.5 Å². The van der Waals surface area contributed by atoms with Gasteiger partial charge in [-0.25, -0.2) is 4.79 Å². The molecule has 0 radical (unpaired) electrons. The van der Waals surface area contributed by atoms with Crippen LogP contribution in [0.2, 0.25) is 0 Å². The molecule has 144 valence electrons. The van der Waals surface area contributed by atoms with Crippen molar-refractivity contribution in [2.75, 3.05) is 25.5 Å². The Labute approximate surface area is 163 Å². The van der Waals surface area contributed by atoms with E-state index in [0.29, 0.717) is 23.9 Å². The van der Waals surface area contributed by atoms with E-state index in [-0.39, 0.29) is 11.9 Å². The molecule has 1 aromatic carbocycles. The van der Waals surface area contributed by atoms with E-state index >= 15 is 0 Å². The number of likely N-dealkylation sites (tertiary alicyclic amines) is 1. The van der Waals surface area contributed by atoms with Gasteiger partial charge in [0.05, 0.1) is 12.8 Å². The molecule has 2 amide bonds. The van der Waals surface area contributed by atoms with Crippen LogP contribution in [0.25, 0.3) is 0 Å². The van der Waals surface area contributed by atoms with Crippen LogP contribution in [-0.4, -0.2) is 41.3 Å². The van der Waals surface area contributed by atoms with E-state index in [4.69, 9.17) is 4.74 Å². The monoisotopic (exact) mass is 386 g/mol. The minimum atomic E-state index is -0.0790. The molecule has 2 aliphatic rings. The second kappa shape index (κ2) is 8.25. The van der Waals surface area contributed by atoms with Gasteiger partial charge in [0.25, 0.3) is 0 Å². The molecule has 0 bridgehead atoms. The van der Waals surface area contributed by atoms with Gasteiger partial charge in [-0.05, 0) is 37.8 Å². The van der Waals surface area contributed by atoms with Crippen molar-refractivity contribution in [1.82, 2.24) is 15.1 Å². The summed E-state index contributed by atoms with van der Waals surface area (Å²) in [6.45, 7) is 1.46. The summed E-state index contributed by atoms with van der Waals surface area (Å²) in [5.74, 6) is 1.56. The van der Waals surface area contributed by atoms with Gasteiger partial charge >= 0.3 is 6.03 Å². The Morgan fingerprint density at radius 2 is 1.81 bits per heavy atom. The van der Waals surface area contributed by atoms with E-state index in [1.165, 1.54) is 30.7 Å². The molecular weight excluding hydrogens is 360 g/mol. The van der Waals surface area contributed by atoms with Crippen LogP contribution < -0.4 is 10.1 Å². The molecule has 1 aliphatic heterocycles. The first-order valence-corrected chi connectivity index (χ1v) is 10.6. The number of piperidine rings is 1. The van der Waals surface area contributed by atoms with Crippen molar-refractivity contribution in [3.63, 3.8) is 0 Å². The largest absolute Gasteiger partial charge is 0.495 e. The zero-order chi connectivity index (χ0) is 18.6. The predicted octanol–water partition coefficient (Wildman–Crippen LogP) is 4.62. The SMILES string of the molecule is COc1ccccc1NC(=O)N1CCCC(c2nnc(C3CCCC3)s2)C1. The van der Waals surface area contributed by atoms with Gasteiger partial charge in [-0.3, -0.25) is 0 Å². The van der Waals surface area contributed by atoms with Gasteiger partial charge in [0.15, 0.2) is 0 Å². The van der Waals surface area contributed by atoms with E-state index < -0.39 is 0 Å². The van der Waals surface area contributed by atoms with Gasteiger partial charge in [-0.1, -0.05) is 25.0 Å². The maximum absolute atomic E-state index is 12.8. The van der Waals surface area contributed by atoms with Crippen LogP contribution in [0.1, 0.15) is 60.4 Å². The van der Waals surface area contributed by atoms with Crippen molar-refractivity contribution in [3.05, 3.63) is 34.3 Å². The third kappa shape index (κ3) is 4.08. The first kappa shape index (κ1) is 18.2. The van der Waals surface area contributed by atoms with Gasteiger partial charge < -0.3 is 15.0 Å². The van der Waals surface area contributed by atoms with E-state index in [1.807, 2.05) is 29.2 Å². The normalized spacial score (nSPS) is 20.6. The molecule has 1 saturated carbocycles. The Balaban J connectivity index is 1.41. The average molecular weight is 387 g/mol. The van der Waals surface area contributed by atoms with Crippen LogP contribution >= 0.6 is 11.3 Å². The topological polar surface area (TPSA) is 67.3 Å². The van der Waals surface area contributed by atoms with Crippen molar-refractivity contribution in [2.45, 2.75) is 50.4 Å². The number of carbonyl (C=O) groups is 1. The number of nitrogens with zero attached hydrogens (tertiary/aromatic N) is 3. The summed E-state index contributed by atoms with van der Waals surface area (Å²) in [4.78, 5) is 14.6. The highest BCUT2D eigenvalue weighted by molar-refractivity contribution is 7.11. The summed E-state index contributed by atoms with van der Waals surface area (Å²) in [5, 5.41) is 14.2. The summed E-state index contributed by atoms with van der Waals surface area (Å²) in [7, 11) is 1.61. The van der Waals surface area contributed by atoms with Gasteiger partial charge in [0.1, 0.15) is 15.8 Å². The summed E-state index contributed by atoms with van der Waals surface area (Å²) in [6.07, 6.45) is 7.15. The second-order valence-corrected chi connectivity index (χ2v) is 8.42. The number of amides is 2. The van der Waals surface area contributed by atoms with Gasteiger partial charge in [0, 0.05) is 24.9 Å². The zero-order valence-electron chi connectivity index (χ0n) is 15.7. The van der Waals surface area contributed by atoms with Gasteiger partial charge in [-0.2, -0.15) is 0 Å². The van der Waals surface area contributed by atoms with Crippen LogP contribution in [0, 0.1) is 0 Å². The second-order valence-electron chi connectivity index (χ2n) is 7.38. The molecule has 1 atom stereocenters. The lowest BCUT2D eigenvalue weighted by Gasteiger charge is -2.31. The first-order chi connectivity index (χ1) is 13.2. The Morgan fingerprint density at radius 3 is 2.59 bits per heavy atom. The number of hydrogen-bond acceptors (Lipinski definition) is 5. The van der Waals surface area contributed by atoms with Crippen molar-refractivity contribution >= 4 is 23.1 Å². The van der Waals surface area contributed by atoms with Crippen molar-refractivity contribution < 1.29 is 9.53 Å². The molecule has 2 aromatic rings. The minimum Gasteiger partial charge on any atom is -0.495 e. The highest BCUT2D eigenvalue weighted by Gasteiger charge is 2.29. The number of methoxy groups -OCH3 is 1. The molecular formula is C20H26N4O2S. The van der Waals surface area contributed by atoms with Crippen LogP contribution in [-0.2, 0) is 0 Å². The van der Waals surface area contributed by atoms with Gasteiger partial charge in [0.2, 0.25) is 0 Å². The third-order valence-corrected chi connectivity index (χ3v) is 6.82. The van der Waals surface area contributed by atoms with Crippen molar-refractivity contribution in [1.29, 1.82) is 0 Å². The Hall–Kier alpha value is -2.15. The van der Waals surface area contributed by atoms with E-state index in [9.17, 15) is 4.79 Å². The smallest absolute Gasteiger partial charge is 0.321 e. The average Bonchev–Trinajstić information content (AvgIpc) is 3.40. The number of aromatic nitrogens is 2. The molecule has 1 saturated heterocycles. The number of rotatable bonds is 4. The highest BCUT2D eigenvalue weighted by atomic mass is 32.1. The number of urea groups is 1. The summed E-state index contributed by atoms with van der Waals surface area (Å²) >= 11 is 1.76. The zero-order valence-corrected chi connectivity index (χ0v) is 16.5. The van der Waals surface area contributed by atoms with Crippen LogP contribution in [0.5, 0.6) is 5.75 Å². The predicted molar refractivity (Wildman–Crippen MR) is 107 cm³/mol. The molecule has 4 rings (SSSR count). The summed E-state index contributed by atoms with van der Waals surface area (Å²) < 4.78 is 5.33. The lowest BCUT2D eigenvalue weighted by Crippen LogP contribution is -2.41. The number of anilines is 1. The van der Waals surface area contributed by atoms with Crippen molar-refractivity contribution in [2.24, 2.45) is 0 Å². The summed E-state index contributed by atoms with van der Waals surface area (Å²) in [5.41, 5.74) is 0.701. The molecule has 1 aromatic heterocycles. The molecule has 2 heterocycles. The van der Waals surface area contributed by atoms with E-state index in [1.54, 1.807) is 18.4 Å². The lowest BCUT2D eigenvalue weighted by molar-refractivity contribution is 0.192. The third-order valence-electron chi connectivity index (χ3n) is 5.57. The molecule has 0 spiro atoms. The van der Waals surface area contributed by atoms with Gasteiger partial charge in [-0.15, -0.1) is 21.5 Å². The lowest BCUT2D eigenvalue weighted by atomic mass is 9.99. The van der Waals surface area contributed by atoms with Crippen molar-refractivity contribution in [3.8, 4) is 5.75 Å². The highest BCUT2D eigenvalue weighted by Crippen LogP contribution is 2.38. The van der Waals surface area contributed by atoms with Crippen LogP contribution in [0.3, 0.4) is 0 Å². The molecule has 1 unspecified atom stereocenters. The first-order valence-electron chi connectivity index (χ1n) is 9.77. The standard InChI is InChI=1S/C20H26N4O2S/c1-26-17-11-5-4-10-16(17)21-20(25)24-12-6-9-15(13-24)19-23-22-18(27-19)14-7-2-3-8-14/h4-5,10-11,14-15H,2-3,6-9,12-13H2,1H3,(H,21,25). The molecule has 27 heavy (non-hydrogen) atoms. The molecule has 1 N–H and O–H groups in total. The van der Waals surface area contributed by atoms with E-state index in [0.717, 1.165) is 24.4 Å². The Bertz CT molecular complexity index is 788. The molecule has 6 nitrogen and oxygen atoms in total. The summed E-state index contributed by atoms with van der Waals surface area (Å²) in [6, 6.07) is 7.41. The number of benzene rings is 1. The van der Waals surface area contributed by atoms with Crippen LogP contribution in [0.4, 0.5) is 10.5 Å². The molecule has 1 aliphatic carbocycles. The number of hydrogen-bond donors (Lipinski definition) is 1. The fourth-order valence-electron chi connectivity index (χ4n) is 4.05. The maximum atomic E-state index is 12.8. The fourth-order valence-corrected chi connectivity index (χ4v) is 5.19. The Kier molecular flexibility index (Phi) is 5.57.